The predicted molar refractivity (Wildman–Crippen MR) is 109 cm³/mol. The highest BCUT2D eigenvalue weighted by Gasteiger charge is 2.11. The Labute approximate surface area is 166 Å². The molecule has 0 aliphatic rings. The zero-order valence-electron chi connectivity index (χ0n) is 14.2. The number of rotatable bonds is 7. The standard InChI is InChI=1S/C20H17BrN2O3S/c21-19-13-17(11-12-20(19)26-15-16-7-3-1-4-8-16)14-22-23-27(24,25)18-9-5-2-6-10-18/h1-14,23H,15H2. The highest BCUT2D eigenvalue weighted by molar-refractivity contribution is 9.10. The van der Waals surface area contributed by atoms with Crippen LogP contribution in [0, 0.1) is 0 Å². The van der Waals surface area contributed by atoms with Gasteiger partial charge in [0.05, 0.1) is 15.6 Å². The summed E-state index contributed by atoms with van der Waals surface area (Å²) in [6.07, 6.45) is 1.44. The summed E-state index contributed by atoms with van der Waals surface area (Å²) in [5.41, 5.74) is 1.80. The van der Waals surface area contributed by atoms with Gasteiger partial charge < -0.3 is 4.74 Å². The molecular formula is C20H17BrN2O3S. The lowest BCUT2D eigenvalue weighted by atomic mass is 10.2. The molecule has 5 nitrogen and oxygen atoms in total. The van der Waals surface area contributed by atoms with Crippen molar-refractivity contribution in [1.29, 1.82) is 0 Å². The van der Waals surface area contributed by atoms with Gasteiger partial charge in [-0.1, -0.05) is 48.5 Å². The number of hydrogen-bond acceptors (Lipinski definition) is 4. The van der Waals surface area contributed by atoms with Gasteiger partial charge in [-0.15, -0.1) is 0 Å². The zero-order chi connectivity index (χ0) is 19.1. The van der Waals surface area contributed by atoms with Crippen molar-refractivity contribution in [3.05, 3.63) is 94.5 Å². The monoisotopic (exact) mass is 444 g/mol. The lowest BCUT2D eigenvalue weighted by Crippen LogP contribution is -2.18. The van der Waals surface area contributed by atoms with Gasteiger partial charge in [0, 0.05) is 0 Å². The summed E-state index contributed by atoms with van der Waals surface area (Å²) in [5, 5.41) is 3.83. The molecule has 0 unspecified atom stereocenters. The minimum absolute atomic E-state index is 0.160. The minimum atomic E-state index is -3.67. The molecular weight excluding hydrogens is 428 g/mol. The van der Waals surface area contributed by atoms with E-state index in [1.165, 1.54) is 18.3 Å². The summed E-state index contributed by atoms with van der Waals surface area (Å²) in [7, 11) is -3.67. The van der Waals surface area contributed by atoms with E-state index in [0.717, 1.165) is 15.6 Å². The highest BCUT2D eigenvalue weighted by Crippen LogP contribution is 2.26. The Hall–Kier alpha value is -2.64. The molecule has 138 valence electrons. The van der Waals surface area contributed by atoms with Crippen LogP contribution in [0.5, 0.6) is 5.75 Å². The number of nitrogens with one attached hydrogen (secondary N) is 1. The Morgan fingerprint density at radius 2 is 1.63 bits per heavy atom. The molecule has 0 heterocycles. The number of hydrazone groups is 1. The predicted octanol–water partition coefficient (Wildman–Crippen LogP) is 4.34. The summed E-state index contributed by atoms with van der Waals surface area (Å²) >= 11 is 3.46. The molecule has 0 bridgehead atoms. The largest absolute Gasteiger partial charge is 0.488 e. The number of nitrogens with zero attached hydrogens (tertiary/aromatic N) is 1. The van der Waals surface area contributed by atoms with E-state index in [9.17, 15) is 8.42 Å². The van der Waals surface area contributed by atoms with E-state index in [1.54, 1.807) is 36.4 Å². The molecule has 0 aromatic heterocycles. The topological polar surface area (TPSA) is 67.8 Å². The number of halogens is 1. The van der Waals surface area contributed by atoms with Crippen LogP contribution in [0.15, 0.2) is 93.3 Å². The van der Waals surface area contributed by atoms with E-state index < -0.39 is 10.0 Å². The van der Waals surface area contributed by atoms with Crippen molar-refractivity contribution in [2.24, 2.45) is 5.10 Å². The van der Waals surface area contributed by atoms with Crippen molar-refractivity contribution in [2.75, 3.05) is 0 Å². The molecule has 7 heteroatoms. The fourth-order valence-electron chi connectivity index (χ4n) is 2.27. The Morgan fingerprint density at radius 1 is 0.963 bits per heavy atom. The summed E-state index contributed by atoms with van der Waals surface area (Å²) in [4.78, 5) is 2.36. The molecule has 0 saturated carbocycles. The van der Waals surface area contributed by atoms with Gasteiger partial charge in [0.2, 0.25) is 0 Å². The first-order valence-electron chi connectivity index (χ1n) is 8.11. The molecule has 1 N–H and O–H groups in total. The van der Waals surface area contributed by atoms with Crippen molar-refractivity contribution in [3.63, 3.8) is 0 Å². The molecule has 0 spiro atoms. The first-order valence-corrected chi connectivity index (χ1v) is 10.4. The molecule has 0 fully saturated rings. The van der Waals surface area contributed by atoms with E-state index in [-0.39, 0.29) is 4.90 Å². The lowest BCUT2D eigenvalue weighted by Gasteiger charge is -2.09. The second-order valence-corrected chi connectivity index (χ2v) is 8.15. The first-order chi connectivity index (χ1) is 13.0. The van der Waals surface area contributed by atoms with Gasteiger partial charge in [-0.05, 0) is 57.4 Å². The fourth-order valence-corrected chi connectivity index (χ4v) is 3.60. The minimum Gasteiger partial charge on any atom is -0.488 e. The van der Waals surface area contributed by atoms with Crippen LogP contribution in [0.4, 0.5) is 0 Å². The maximum Gasteiger partial charge on any atom is 0.276 e. The quantitative estimate of drug-likeness (QED) is 0.435. The van der Waals surface area contributed by atoms with Crippen LogP contribution in [-0.4, -0.2) is 14.6 Å². The molecule has 0 atom stereocenters. The molecule has 27 heavy (non-hydrogen) atoms. The Morgan fingerprint density at radius 3 is 2.30 bits per heavy atom. The number of ether oxygens (including phenoxy) is 1. The third-order valence-electron chi connectivity index (χ3n) is 3.63. The van der Waals surface area contributed by atoms with Crippen molar-refractivity contribution < 1.29 is 13.2 Å². The SMILES string of the molecule is O=S(=O)(NN=Cc1ccc(OCc2ccccc2)c(Br)c1)c1ccccc1. The molecule has 0 aliphatic heterocycles. The molecule has 3 aromatic rings. The summed E-state index contributed by atoms with van der Waals surface area (Å²) in [5.74, 6) is 0.695. The second kappa shape index (κ2) is 8.83. The fraction of sp³-hybridized carbons (Fsp3) is 0.0500. The van der Waals surface area contributed by atoms with E-state index in [4.69, 9.17) is 4.74 Å². The van der Waals surface area contributed by atoms with E-state index in [2.05, 4.69) is 25.9 Å². The van der Waals surface area contributed by atoms with Crippen molar-refractivity contribution in [1.82, 2.24) is 4.83 Å². The average Bonchev–Trinajstić information content (AvgIpc) is 2.69. The van der Waals surface area contributed by atoms with E-state index >= 15 is 0 Å². The van der Waals surface area contributed by atoms with Crippen molar-refractivity contribution in [2.45, 2.75) is 11.5 Å². The molecule has 0 radical (unpaired) electrons. The van der Waals surface area contributed by atoms with Crippen LogP contribution < -0.4 is 9.57 Å². The lowest BCUT2D eigenvalue weighted by molar-refractivity contribution is 0.304. The Balaban J connectivity index is 1.63. The molecule has 3 rings (SSSR count). The third-order valence-corrected chi connectivity index (χ3v) is 5.49. The number of benzene rings is 3. The molecule has 0 amide bonds. The van der Waals surface area contributed by atoms with Gasteiger partial charge >= 0.3 is 0 Å². The second-order valence-electron chi connectivity index (χ2n) is 5.63. The van der Waals surface area contributed by atoms with Gasteiger partial charge in [-0.25, -0.2) is 4.83 Å². The first kappa shape index (κ1) is 19.1. The van der Waals surface area contributed by atoms with Crippen LogP contribution in [0.1, 0.15) is 11.1 Å². The summed E-state index contributed by atoms with van der Waals surface area (Å²) < 4.78 is 30.8. The Bertz CT molecular complexity index is 1020. The molecule has 3 aromatic carbocycles. The smallest absolute Gasteiger partial charge is 0.276 e. The summed E-state index contributed by atoms with van der Waals surface area (Å²) in [6.45, 7) is 0.462. The van der Waals surface area contributed by atoms with Crippen LogP contribution in [-0.2, 0) is 16.6 Å². The van der Waals surface area contributed by atoms with E-state index in [1.807, 2.05) is 30.3 Å². The molecule has 0 aliphatic carbocycles. The van der Waals surface area contributed by atoms with Gasteiger partial charge in [-0.3, -0.25) is 0 Å². The third kappa shape index (κ3) is 5.42. The molecule has 0 saturated heterocycles. The van der Waals surface area contributed by atoms with Crippen molar-refractivity contribution in [3.8, 4) is 5.75 Å². The van der Waals surface area contributed by atoms with Crippen LogP contribution in [0.2, 0.25) is 0 Å². The van der Waals surface area contributed by atoms with Crippen LogP contribution >= 0.6 is 15.9 Å². The van der Waals surface area contributed by atoms with Crippen molar-refractivity contribution >= 4 is 32.2 Å². The van der Waals surface area contributed by atoms with Gasteiger partial charge in [0.1, 0.15) is 12.4 Å². The average molecular weight is 445 g/mol. The van der Waals surface area contributed by atoms with Gasteiger partial charge in [0.15, 0.2) is 0 Å². The van der Waals surface area contributed by atoms with E-state index in [0.29, 0.717) is 12.4 Å². The summed E-state index contributed by atoms with van der Waals surface area (Å²) in [6, 6.07) is 23.4. The number of hydrogen-bond donors (Lipinski definition) is 1. The highest BCUT2D eigenvalue weighted by atomic mass is 79.9. The van der Waals surface area contributed by atoms with Crippen LogP contribution in [0.3, 0.4) is 0 Å². The maximum absolute atomic E-state index is 12.1. The maximum atomic E-state index is 12.1. The number of sulfonamides is 1. The zero-order valence-corrected chi connectivity index (χ0v) is 16.7. The Kier molecular flexibility index (Phi) is 6.26. The normalized spacial score (nSPS) is 11.4. The van der Waals surface area contributed by atoms with Gasteiger partial charge in [-0.2, -0.15) is 13.5 Å². The van der Waals surface area contributed by atoms with Crippen LogP contribution in [0.25, 0.3) is 0 Å². The van der Waals surface area contributed by atoms with Gasteiger partial charge in [0.25, 0.3) is 10.0 Å².